The molecule has 0 aliphatic heterocycles. The Morgan fingerprint density at radius 3 is 2.07 bits per heavy atom. The molecule has 0 saturated carbocycles. The van der Waals surface area contributed by atoms with E-state index in [1.165, 1.54) is 11.1 Å². The van der Waals surface area contributed by atoms with Gasteiger partial charge in [-0.05, 0) is 58.1 Å². The van der Waals surface area contributed by atoms with Gasteiger partial charge in [0.25, 0.3) is 0 Å². The fourth-order valence-electron chi connectivity index (χ4n) is 3.47. The summed E-state index contributed by atoms with van der Waals surface area (Å²) in [6, 6.07) is 8.53. The van der Waals surface area contributed by atoms with E-state index >= 15 is 0 Å². The number of aryl methyl sites for hydroxylation is 1. The van der Waals surface area contributed by atoms with E-state index < -0.39 is 21.3 Å². The highest BCUT2D eigenvalue weighted by molar-refractivity contribution is 7.56. The largest absolute Gasteiger partial charge is 0.475 e. The van der Waals surface area contributed by atoms with E-state index in [9.17, 15) is 9.13 Å². The van der Waals surface area contributed by atoms with Gasteiger partial charge in [-0.25, -0.2) is 4.57 Å². The van der Waals surface area contributed by atoms with Crippen molar-refractivity contribution in [2.45, 2.75) is 58.8 Å². The van der Waals surface area contributed by atoms with Gasteiger partial charge in [0.05, 0.1) is 26.4 Å². The van der Waals surface area contributed by atoms with Gasteiger partial charge in [-0.1, -0.05) is 24.3 Å². The van der Waals surface area contributed by atoms with Crippen LogP contribution in [-0.2, 0) is 44.6 Å². The van der Waals surface area contributed by atoms with Crippen molar-refractivity contribution in [1.29, 1.82) is 0 Å². The highest BCUT2D eigenvalue weighted by atomic mass is 31.2. The SMILES string of the molecule is CCOP(=O)(OCC)OC(CNC1CCc2ccccc2C1)P(=O)(OCC)OCC. The second-order valence-corrected chi connectivity index (χ2v) is 10.6. The standard InChI is InChI=1S/C20H35NO7P2/c1-5-24-29(22,25-6-2)20(28-30(23,26-7-3)27-8-4)16-21-19-14-13-17-11-9-10-12-18(17)15-19/h9-12,19-21H,5-8,13-16H2,1-4H3. The minimum Gasteiger partial charge on any atom is -0.310 e. The summed E-state index contributed by atoms with van der Waals surface area (Å²) in [5.74, 6) is -1.13. The Bertz CT molecular complexity index is 726. The molecular formula is C20H35NO7P2. The Balaban J connectivity index is 2.16. The summed E-state index contributed by atoms with van der Waals surface area (Å²) < 4.78 is 53.5. The van der Waals surface area contributed by atoms with Gasteiger partial charge in [0, 0.05) is 12.6 Å². The van der Waals surface area contributed by atoms with Crippen molar-refractivity contribution >= 4 is 15.4 Å². The molecule has 2 atom stereocenters. The molecule has 0 fully saturated rings. The maximum atomic E-state index is 13.4. The molecule has 10 heteroatoms. The van der Waals surface area contributed by atoms with Crippen molar-refractivity contribution in [3.63, 3.8) is 0 Å². The highest BCUT2D eigenvalue weighted by Crippen LogP contribution is 2.61. The smallest absolute Gasteiger partial charge is 0.310 e. The normalized spacial score (nSPS) is 18.2. The first kappa shape index (κ1) is 25.7. The third-order valence-electron chi connectivity index (χ3n) is 4.72. The molecule has 1 aliphatic carbocycles. The molecule has 0 bridgehead atoms. The number of rotatable bonds is 14. The van der Waals surface area contributed by atoms with Crippen LogP contribution in [0.2, 0.25) is 0 Å². The number of nitrogens with one attached hydrogen (secondary N) is 1. The van der Waals surface area contributed by atoms with Crippen LogP contribution in [0.25, 0.3) is 0 Å². The lowest BCUT2D eigenvalue weighted by Crippen LogP contribution is -2.40. The Morgan fingerprint density at radius 2 is 1.50 bits per heavy atom. The number of benzene rings is 1. The summed E-state index contributed by atoms with van der Waals surface area (Å²) >= 11 is 0. The Labute approximate surface area is 180 Å². The zero-order valence-corrected chi connectivity index (χ0v) is 20.2. The number of hydrogen-bond donors (Lipinski definition) is 1. The van der Waals surface area contributed by atoms with E-state index in [2.05, 4.69) is 23.5 Å². The Hall–Kier alpha value is -0.560. The topological polar surface area (TPSA) is 92.3 Å². The summed E-state index contributed by atoms with van der Waals surface area (Å²) in [4.78, 5) is 0. The summed E-state index contributed by atoms with van der Waals surface area (Å²) in [5, 5.41) is 3.40. The average molecular weight is 463 g/mol. The van der Waals surface area contributed by atoms with Crippen molar-refractivity contribution in [1.82, 2.24) is 5.32 Å². The first-order valence-electron chi connectivity index (χ1n) is 10.7. The molecule has 2 rings (SSSR count). The van der Waals surface area contributed by atoms with Gasteiger partial charge in [-0.15, -0.1) is 0 Å². The van der Waals surface area contributed by atoms with Crippen LogP contribution in [0.3, 0.4) is 0 Å². The molecule has 0 aromatic heterocycles. The van der Waals surface area contributed by atoms with Crippen molar-refractivity contribution in [2.24, 2.45) is 0 Å². The quantitative estimate of drug-likeness (QED) is 0.389. The summed E-state index contributed by atoms with van der Waals surface area (Å²) in [6.45, 7) is 7.54. The maximum Gasteiger partial charge on any atom is 0.475 e. The maximum absolute atomic E-state index is 13.4. The summed E-state index contributed by atoms with van der Waals surface area (Å²) in [7, 11) is -7.64. The molecule has 0 saturated heterocycles. The fraction of sp³-hybridized carbons (Fsp3) is 0.700. The van der Waals surface area contributed by atoms with Crippen LogP contribution >= 0.6 is 15.4 Å². The molecule has 1 aliphatic rings. The van der Waals surface area contributed by atoms with Gasteiger partial charge >= 0.3 is 15.4 Å². The molecule has 0 spiro atoms. The zero-order chi connectivity index (χ0) is 22.0. The molecular weight excluding hydrogens is 428 g/mol. The second kappa shape index (κ2) is 12.5. The monoisotopic (exact) mass is 463 g/mol. The zero-order valence-electron chi connectivity index (χ0n) is 18.4. The average Bonchev–Trinajstić information content (AvgIpc) is 2.71. The Morgan fingerprint density at radius 1 is 0.933 bits per heavy atom. The second-order valence-electron chi connectivity index (χ2n) is 6.83. The summed E-state index contributed by atoms with van der Waals surface area (Å²) in [5.41, 5.74) is 2.65. The molecule has 2 unspecified atom stereocenters. The lowest BCUT2D eigenvalue weighted by atomic mass is 9.88. The molecule has 0 heterocycles. The van der Waals surface area contributed by atoms with E-state index in [1.807, 2.05) is 6.07 Å². The van der Waals surface area contributed by atoms with Crippen LogP contribution in [0.5, 0.6) is 0 Å². The summed E-state index contributed by atoms with van der Waals surface area (Å²) in [6.07, 6.45) is 2.75. The predicted octanol–water partition coefficient (Wildman–Crippen LogP) is 4.92. The van der Waals surface area contributed by atoms with E-state index in [0.29, 0.717) is 0 Å². The van der Waals surface area contributed by atoms with Crippen LogP contribution in [0.1, 0.15) is 45.2 Å². The minimum atomic E-state index is -3.91. The van der Waals surface area contributed by atoms with Crippen molar-refractivity contribution in [3.8, 4) is 0 Å². The van der Waals surface area contributed by atoms with Gasteiger partial charge in [-0.3, -0.25) is 18.1 Å². The van der Waals surface area contributed by atoms with Crippen LogP contribution in [0, 0.1) is 0 Å². The van der Waals surface area contributed by atoms with Crippen LogP contribution in [0.15, 0.2) is 24.3 Å². The molecule has 8 nitrogen and oxygen atoms in total. The van der Waals surface area contributed by atoms with Crippen molar-refractivity contribution < 1.29 is 31.7 Å². The van der Waals surface area contributed by atoms with Gasteiger partial charge < -0.3 is 14.4 Å². The van der Waals surface area contributed by atoms with E-state index in [-0.39, 0.29) is 39.0 Å². The van der Waals surface area contributed by atoms with Gasteiger partial charge in [-0.2, -0.15) is 0 Å². The van der Waals surface area contributed by atoms with Gasteiger partial charge in [0.15, 0.2) is 5.85 Å². The molecule has 1 N–H and O–H groups in total. The number of hydrogen-bond acceptors (Lipinski definition) is 8. The van der Waals surface area contributed by atoms with E-state index in [4.69, 9.17) is 22.6 Å². The molecule has 30 heavy (non-hydrogen) atoms. The third kappa shape index (κ3) is 7.25. The fourth-order valence-corrected chi connectivity index (χ4v) is 6.94. The number of phosphoric ester groups is 1. The lowest BCUT2D eigenvalue weighted by molar-refractivity contribution is 0.0876. The Kier molecular flexibility index (Phi) is 10.7. The van der Waals surface area contributed by atoms with Gasteiger partial charge in [0.2, 0.25) is 0 Å². The van der Waals surface area contributed by atoms with E-state index in [0.717, 1.165) is 19.3 Å². The van der Waals surface area contributed by atoms with Crippen LogP contribution < -0.4 is 5.32 Å². The van der Waals surface area contributed by atoms with Crippen LogP contribution in [-0.4, -0.2) is 44.9 Å². The molecule has 0 radical (unpaired) electrons. The minimum absolute atomic E-state index is 0.129. The molecule has 0 amide bonds. The van der Waals surface area contributed by atoms with Gasteiger partial charge in [0.1, 0.15) is 0 Å². The molecule has 1 aromatic rings. The number of phosphoric acid groups is 1. The highest BCUT2D eigenvalue weighted by Gasteiger charge is 2.43. The predicted molar refractivity (Wildman–Crippen MR) is 117 cm³/mol. The van der Waals surface area contributed by atoms with Crippen LogP contribution in [0.4, 0.5) is 0 Å². The lowest BCUT2D eigenvalue weighted by Gasteiger charge is -2.31. The first-order chi connectivity index (χ1) is 14.4. The molecule has 172 valence electrons. The van der Waals surface area contributed by atoms with E-state index in [1.54, 1.807) is 27.7 Å². The first-order valence-corrected chi connectivity index (χ1v) is 13.7. The molecule has 1 aromatic carbocycles. The van der Waals surface area contributed by atoms with Crippen molar-refractivity contribution in [3.05, 3.63) is 35.4 Å². The third-order valence-corrected chi connectivity index (χ3v) is 8.78. The number of fused-ring (bicyclic) bond motifs is 1. The van der Waals surface area contributed by atoms with Crippen molar-refractivity contribution in [2.75, 3.05) is 33.0 Å².